The molecular formula is C23H26N2O7S. The summed E-state index contributed by atoms with van der Waals surface area (Å²) in [4.78, 5) is 51.6. The molecule has 2 amide bonds. The van der Waals surface area contributed by atoms with Crippen LogP contribution in [0.1, 0.15) is 34.1 Å². The molecule has 1 unspecified atom stereocenters. The molecule has 2 heterocycles. The Balaban J connectivity index is 1.56. The van der Waals surface area contributed by atoms with Gasteiger partial charge in [-0.15, -0.1) is 11.3 Å². The zero-order valence-electron chi connectivity index (χ0n) is 18.9. The van der Waals surface area contributed by atoms with E-state index in [9.17, 15) is 19.2 Å². The second kappa shape index (κ2) is 10.5. The van der Waals surface area contributed by atoms with Crippen LogP contribution in [-0.4, -0.2) is 50.6 Å². The quantitative estimate of drug-likeness (QED) is 0.585. The first-order valence-corrected chi connectivity index (χ1v) is 11.2. The molecule has 1 atom stereocenters. The molecule has 33 heavy (non-hydrogen) atoms. The molecule has 9 nitrogen and oxygen atoms in total. The van der Waals surface area contributed by atoms with Gasteiger partial charge in [-0.1, -0.05) is 0 Å². The predicted molar refractivity (Wildman–Crippen MR) is 123 cm³/mol. The van der Waals surface area contributed by atoms with Gasteiger partial charge in [0.1, 0.15) is 10.8 Å². The van der Waals surface area contributed by atoms with Crippen LogP contribution in [0, 0.1) is 19.8 Å². The van der Waals surface area contributed by atoms with Gasteiger partial charge in [-0.3, -0.25) is 14.4 Å². The summed E-state index contributed by atoms with van der Waals surface area (Å²) in [6, 6.07) is 7.04. The lowest BCUT2D eigenvalue weighted by Crippen LogP contribution is -2.28. The van der Waals surface area contributed by atoms with Gasteiger partial charge in [-0.25, -0.2) is 4.79 Å². The molecule has 10 heteroatoms. The van der Waals surface area contributed by atoms with Crippen LogP contribution in [-0.2, 0) is 23.9 Å². The van der Waals surface area contributed by atoms with Crippen molar-refractivity contribution >= 4 is 45.8 Å². The second-order valence-corrected chi connectivity index (χ2v) is 8.69. The molecule has 1 aromatic heterocycles. The molecule has 3 rings (SSSR count). The molecule has 176 valence electrons. The lowest BCUT2D eigenvalue weighted by molar-refractivity contribution is -0.151. The van der Waals surface area contributed by atoms with Crippen LogP contribution in [0.4, 0.5) is 10.7 Å². The van der Waals surface area contributed by atoms with Gasteiger partial charge in [0.05, 0.1) is 25.2 Å². The van der Waals surface area contributed by atoms with Crippen molar-refractivity contribution in [3.63, 3.8) is 0 Å². The Bertz CT molecular complexity index is 1060. The highest BCUT2D eigenvalue weighted by Gasteiger charge is 2.36. The molecule has 1 aromatic carbocycles. The Kier molecular flexibility index (Phi) is 7.70. The van der Waals surface area contributed by atoms with Crippen molar-refractivity contribution in [3.05, 3.63) is 40.3 Å². The minimum atomic E-state index is -0.672. The maximum absolute atomic E-state index is 12.5. The third-order valence-electron chi connectivity index (χ3n) is 5.29. The van der Waals surface area contributed by atoms with E-state index in [-0.39, 0.29) is 24.4 Å². The standard InChI is InChI=1S/C23H26N2O7S/c1-5-31-17-8-6-16(7-9-17)25-11-15(10-19(25)27)22(28)32-12-18(26)24-21-20(23(29)30-4)13(2)14(3)33-21/h6-9,15H,5,10-12H2,1-4H3,(H,24,26). The van der Waals surface area contributed by atoms with Gasteiger partial charge < -0.3 is 24.4 Å². The van der Waals surface area contributed by atoms with E-state index in [4.69, 9.17) is 14.2 Å². The summed E-state index contributed by atoms with van der Waals surface area (Å²) in [6.45, 7) is 5.66. The highest BCUT2D eigenvalue weighted by atomic mass is 32.1. The largest absolute Gasteiger partial charge is 0.494 e. The van der Waals surface area contributed by atoms with Crippen molar-refractivity contribution in [2.75, 3.05) is 37.1 Å². The van der Waals surface area contributed by atoms with Crippen LogP contribution >= 0.6 is 11.3 Å². The van der Waals surface area contributed by atoms with Gasteiger partial charge >= 0.3 is 11.9 Å². The third-order valence-corrected chi connectivity index (χ3v) is 6.41. The van der Waals surface area contributed by atoms with Crippen LogP contribution in [0.5, 0.6) is 5.75 Å². The maximum atomic E-state index is 12.5. The number of carbonyl (C=O) groups excluding carboxylic acids is 4. The average molecular weight is 475 g/mol. The zero-order chi connectivity index (χ0) is 24.1. The van der Waals surface area contributed by atoms with Crippen LogP contribution < -0.4 is 15.0 Å². The number of amides is 2. The summed E-state index contributed by atoms with van der Waals surface area (Å²) in [5, 5.41) is 2.95. The summed E-state index contributed by atoms with van der Waals surface area (Å²) < 4.78 is 15.3. The molecule has 1 fully saturated rings. The van der Waals surface area contributed by atoms with E-state index >= 15 is 0 Å². The number of thiophene rings is 1. The molecule has 0 bridgehead atoms. The fourth-order valence-corrected chi connectivity index (χ4v) is 4.55. The molecule has 0 aliphatic carbocycles. The number of carbonyl (C=O) groups is 4. The smallest absolute Gasteiger partial charge is 0.341 e. The van der Waals surface area contributed by atoms with Gasteiger partial charge in [0.25, 0.3) is 5.91 Å². The van der Waals surface area contributed by atoms with Crippen LogP contribution in [0.15, 0.2) is 24.3 Å². The van der Waals surface area contributed by atoms with Crippen LogP contribution in [0.2, 0.25) is 0 Å². The van der Waals surface area contributed by atoms with Gasteiger partial charge in [0.15, 0.2) is 6.61 Å². The van der Waals surface area contributed by atoms with E-state index in [2.05, 4.69) is 5.32 Å². The number of hydrogen-bond donors (Lipinski definition) is 1. The fraction of sp³-hybridized carbons (Fsp3) is 0.391. The van der Waals surface area contributed by atoms with Crippen molar-refractivity contribution in [2.45, 2.75) is 27.2 Å². The Morgan fingerprint density at radius 1 is 1.18 bits per heavy atom. The summed E-state index contributed by atoms with van der Waals surface area (Å²) >= 11 is 1.24. The molecular weight excluding hydrogens is 448 g/mol. The predicted octanol–water partition coefficient (Wildman–Crippen LogP) is 3.09. The third kappa shape index (κ3) is 5.51. The van der Waals surface area contributed by atoms with E-state index in [0.29, 0.717) is 23.0 Å². The molecule has 0 radical (unpaired) electrons. The van der Waals surface area contributed by atoms with E-state index in [1.807, 2.05) is 13.8 Å². The second-order valence-electron chi connectivity index (χ2n) is 7.47. The van der Waals surface area contributed by atoms with Crippen LogP contribution in [0.3, 0.4) is 0 Å². The Labute approximate surface area is 195 Å². The summed E-state index contributed by atoms with van der Waals surface area (Å²) in [5.74, 6) is -1.93. The van der Waals surface area contributed by atoms with Crippen molar-refractivity contribution in [1.82, 2.24) is 0 Å². The summed E-state index contributed by atoms with van der Waals surface area (Å²) in [6.07, 6.45) is 0.00344. The van der Waals surface area contributed by atoms with E-state index in [0.717, 1.165) is 10.4 Å². The number of rotatable bonds is 8. The van der Waals surface area contributed by atoms with Crippen molar-refractivity contribution in [1.29, 1.82) is 0 Å². The minimum Gasteiger partial charge on any atom is -0.494 e. The highest BCUT2D eigenvalue weighted by Crippen LogP contribution is 2.33. The highest BCUT2D eigenvalue weighted by molar-refractivity contribution is 7.16. The number of ether oxygens (including phenoxy) is 3. The summed E-state index contributed by atoms with van der Waals surface area (Å²) in [5.41, 5.74) is 1.67. The molecule has 0 saturated carbocycles. The van der Waals surface area contributed by atoms with Crippen molar-refractivity contribution < 1.29 is 33.4 Å². The van der Waals surface area contributed by atoms with E-state index in [1.54, 1.807) is 31.2 Å². The topological polar surface area (TPSA) is 111 Å². The van der Waals surface area contributed by atoms with E-state index < -0.39 is 30.4 Å². The number of nitrogens with one attached hydrogen (secondary N) is 1. The SMILES string of the molecule is CCOc1ccc(N2CC(C(=O)OCC(=O)Nc3sc(C)c(C)c3C(=O)OC)CC2=O)cc1. The molecule has 1 saturated heterocycles. The number of methoxy groups -OCH3 is 1. The number of aryl methyl sites for hydroxylation is 1. The van der Waals surface area contributed by atoms with Gasteiger partial charge in [0.2, 0.25) is 5.91 Å². The number of esters is 2. The molecule has 1 N–H and O–H groups in total. The van der Waals surface area contributed by atoms with E-state index in [1.165, 1.54) is 23.3 Å². The van der Waals surface area contributed by atoms with Gasteiger partial charge in [-0.2, -0.15) is 0 Å². The fourth-order valence-electron chi connectivity index (χ4n) is 3.48. The van der Waals surface area contributed by atoms with Gasteiger partial charge in [-0.05, 0) is 50.6 Å². The number of benzene rings is 1. The molecule has 1 aliphatic rings. The Hall–Kier alpha value is -3.40. The number of hydrogen-bond acceptors (Lipinski definition) is 8. The normalized spacial score (nSPS) is 15.3. The lowest BCUT2D eigenvalue weighted by atomic mass is 10.1. The Morgan fingerprint density at radius 2 is 1.88 bits per heavy atom. The number of nitrogens with zero attached hydrogens (tertiary/aromatic N) is 1. The minimum absolute atomic E-state index is 0.00344. The summed E-state index contributed by atoms with van der Waals surface area (Å²) in [7, 11) is 1.27. The number of anilines is 2. The maximum Gasteiger partial charge on any atom is 0.341 e. The zero-order valence-corrected chi connectivity index (χ0v) is 19.7. The average Bonchev–Trinajstić information content (AvgIpc) is 3.31. The Morgan fingerprint density at radius 3 is 2.52 bits per heavy atom. The van der Waals surface area contributed by atoms with Crippen LogP contribution in [0.25, 0.3) is 0 Å². The molecule has 0 spiro atoms. The van der Waals surface area contributed by atoms with Gasteiger partial charge in [0, 0.05) is 23.5 Å². The van der Waals surface area contributed by atoms with Crippen molar-refractivity contribution in [2.24, 2.45) is 5.92 Å². The first-order chi connectivity index (χ1) is 15.7. The first-order valence-electron chi connectivity index (χ1n) is 10.4. The first kappa shape index (κ1) is 24.2. The molecule has 2 aromatic rings. The monoisotopic (exact) mass is 474 g/mol. The lowest BCUT2D eigenvalue weighted by Gasteiger charge is -2.17. The van der Waals surface area contributed by atoms with Crippen molar-refractivity contribution in [3.8, 4) is 5.75 Å². The molecule has 1 aliphatic heterocycles.